The van der Waals surface area contributed by atoms with Crippen molar-refractivity contribution in [3.63, 3.8) is 0 Å². The van der Waals surface area contributed by atoms with E-state index in [-0.39, 0.29) is 17.6 Å². The third-order valence-electron chi connectivity index (χ3n) is 3.80. The average molecular weight is 276 g/mol. The number of aliphatic imine (C=N–C) groups is 1. The van der Waals surface area contributed by atoms with E-state index < -0.39 is 22.2 Å². The minimum absolute atomic E-state index is 0.0191. The fourth-order valence-electron chi connectivity index (χ4n) is 2.79. The maximum atomic E-state index is 12.0. The van der Waals surface area contributed by atoms with Crippen molar-refractivity contribution in [2.75, 3.05) is 0 Å². The van der Waals surface area contributed by atoms with Gasteiger partial charge >= 0.3 is 0 Å². The highest BCUT2D eigenvalue weighted by Crippen LogP contribution is 2.66. The van der Waals surface area contributed by atoms with Crippen molar-refractivity contribution < 1.29 is 9.72 Å². The van der Waals surface area contributed by atoms with E-state index in [2.05, 4.69) is 4.99 Å². The summed E-state index contributed by atoms with van der Waals surface area (Å²) < 4.78 is 0. The zero-order valence-electron chi connectivity index (χ0n) is 11.2. The van der Waals surface area contributed by atoms with E-state index in [1.54, 1.807) is 18.2 Å². The number of nitro groups is 1. The minimum atomic E-state index is -0.439. The number of guanidine groups is 1. The number of nitro benzene ring substituents is 1. The molecule has 4 N–H and O–H groups in total. The average Bonchev–Trinajstić information content (AvgIpc) is 2.91. The highest BCUT2D eigenvalue weighted by Gasteiger charge is 2.63. The van der Waals surface area contributed by atoms with Crippen LogP contribution in [0.4, 0.5) is 5.69 Å². The van der Waals surface area contributed by atoms with E-state index in [1.807, 2.05) is 13.8 Å². The molecule has 1 aliphatic rings. The third-order valence-corrected chi connectivity index (χ3v) is 3.80. The number of rotatable bonds is 3. The minimum Gasteiger partial charge on any atom is -0.370 e. The van der Waals surface area contributed by atoms with E-state index in [0.717, 1.165) is 0 Å². The summed E-state index contributed by atoms with van der Waals surface area (Å²) in [6.45, 7) is 3.75. The first-order valence-electron chi connectivity index (χ1n) is 6.13. The van der Waals surface area contributed by atoms with Gasteiger partial charge in [-0.1, -0.05) is 32.0 Å². The summed E-state index contributed by atoms with van der Waals surface area (Å²) in [6, 6.07) is 6.43. The first kappa shape index (κ1) is 14.0. The Balaban J connectivity index is 2.38. The molecule has 0 aliphatic heterocycles. The summed E-state index contributed by atoms with van der Waals surface area (Å²) in [4.78, 5) is 26.2. The van der Waals surface area contributed by atoms with Crippen LogP contribution in [0.25, 0.3) is 0 Å². The van der Waals surface area contributed by atoms with Crippen LogP contribution in [0.5, 0.6) is 0 Å². The molecule has 0 heterocycles. The smallest absolute Gasteiger partial charge is 0.272 e. The van der Waals surface area contributed by atoms with Gasteiger partial charge in [-0.25, -0.2) is 0 Å². The molecule has 0 bridgehead atoms. The zero-order chi connectivity index (χ0) is 15.1. The van der Waals surface area contributed by atoms with Crippen molar-refractivity contribution >= 4 is 17.6 Å². The highest BCUT2D eigenvalue weighted by molar-refractivity contribution is 5.95. The molecular formula is C13H16N4O3. The number of nitrogens with two attached hydrogens (primary N) is 2. The van der Waals surface area contributed by atoms with Crippen LogP contribution < -0.4 is 11.5 Å². The summed E-state index contributed by atoms with van der Waals surface area (Å²) >= 11 is 0. The molecule has 0 saturated heterocycles. The molecule has 7 heteroatoms. The van der Waals surface area contributed by atoms with Gasteiger partial charge in [-0.3, -0.25) is 14.9 Å². The standard InChI is InChI=1S/C13H16N4O3/c1-13(2)9(10(13)11(18)16-12(14)15)7-5-3-4-6-8(7)17(19)20/h3-6,9-10H,1-2H3,(H4,14,15,16,18). The molecular weight excluding hydrogens is 260 g/mol. The van der Waals surface area contributed by atoms with Gasteiger partial charge in [-0.15, -0.1) is 0 Å². The first-order valence-corrected chi connectivity index (χ1v) is 6.13. The summed E-state index contributed by atoms with van der Waals surface area (Å²) in [5.74, 6) is -1.41. The fraction of sp³-hybridized carbons (Fsp3) is 0.385. The number of benzene rings is 1. The van der Waals surface area contributed by atoms with Crippen molar-refractivity contribution in [2.24, 2.45) is 27.8 Å². The van der Waals surface area contributed by atoms with Crippen LogP contribution in [0.3, 0.4) is 0 Å². The largest absolute Gasteiger partial charge is 0.370 e. The first-order chi connectivity index (χ1) is 9.26. The molecule has 1 saturated carbocycles. The van der Waals surface area contributed by atoms with Crippen molar-refractivity contribution in [3.8, 4) is 0 Å². The van der Waals surface area contributed by atoms with Gasteiger partial charge in [0.25, 0.3) is 11.6 Å². The molecule has 1 aromatic rings. The van der Waals surface area contributed by atoms with Crippen LogP contribution >= 0.6 is 0 Å². The normalized spacial score (nSPS) is 22.9. The Morgan fingerprint density at radius 2 is 1.95 bits per heavy atom. The van der Waals surface area contributed by atoms with E-state index in [1.165, 1.54) is 6.07 Å². The number of nitrogens with zero attached hydrogens (tertiary/aromatic N) is 2. The van der Waals surface area contributed by atoms with Gasteiger partial charge in [-0.05, 0) is 5.41 Å². The predicted octanol–water partition coefficient (Wildman–Crippen LogP) is 1.13. The lowest BCUT2D eigenvalue weighted by Crippen LogP contribution is -2.25. The highest BCUT2D eigenvalue weighted by atomic mass is 16.6. The SMILES string of the molecule is CC1(C)C(C(=O)N=C(N)N)C1c1ccccc1[N+](=O)[O-]. The summed E-state index contributed by atoms with van der Waals surface area (Å²) in [5.41, 5.74) is 10.6. The lowest BCUT2D eigenvalue weighted by molar-refractivity contribution is -0.385. The molecule has 0 radical (unpaired) electrons. The number of carbonyl (C=O) groups is 1. The van der Waals surface area contributed by atoms with E-state index in [9.17, 15) is 14.9 Å². The maximum Gasteiger partial charge on any atom is 0.272 e. The van der Waals surface area contributed by atoms with Crippen LogP contribution in [0.1, 0.15) is 25.3 Å². The van der Waals surface area contributed by atoms with Crippen LogP contribution in [-0.4, -0.2) is 16.8 Å². The fourth-order valence-corrected chi connectivity index (χ4v) is 2.79. The van der Waals surface area contributed by atoms with Gasteiger partial charge in [0.2, 0.25) is 0 Å². The van der Waals surface area contributed by atoms with Gasteiger partial charge in [0.1, 0.15) is 0 Å². The number of hydrogen-bond donors (Lipinski definition) is 2. The molecule has 2 unspecified atom stereocenters. The molecule has 2 atom stereocenters. The number of carbonyl (C=O) groups excluding carboxylic acids is 1. The molecule has 0 spiro atoms. The molecule has 1 aromatic carbocycles. The second-order valence-corrected chi connectivity index (χ2v) is 5.47. The van der Waals surface area contributed by atoms with E-state index >= 15 is 0 Å². The second-order valence-electron chi connectivity index (χ2n) is 5.47. The summed E-state index contributed by atoms with van der Waals surface area (Å²) in [5, 5.41) is 11.1. The molecule has 106 valence electrons. The summed E-state index contributed by atoms with van der Waals surface area (Å²) in [7, 11) is 0. The Labute approximate surface area is 115 Å². The van der Waals surface area contributed by atoms with E-state index in [4.69, 9.17) is 11.5 Å². The Morgan fingerprint density at radius 3 is 2.50 bits per heavy atom. The van der Waals surface area contributed by atoms with Crippen molar-refractivity contribution in [1.82, 2.24) is 0 Å². The molecule has 0 aromatic heterocycles. The Kier molecular flexibility index (Phi) is 3.21. The molecule has 7 nitrogen and oxygen atoms in total. The van der Waals surface area contributed by atoms with Gasteiger partial charge in [-0.2, -0.15) is 4.99 Å². The molecule has 1 fully saturated rings. The van der Waals surface area contributed by atoms with Gasteiger partial charge in [0.05, 0.1) is 10.8 Å². The topological polar surface area (TPSA) is 125 Å². The quantitative estimate of drug-likeness (QED) is 0.370. The van der Waals surface area contributed by atoms with Gasteiger partial charge < -0.3 is 11.5 Å². The monoisotopic (exact) mass is 276 g/mol. The lowest BCUT2D eigenvalue weighted by atomic mass is 10.0. The number of amides is 1. The second kappa shape index (κ2) is 4.59. The predicted molar refractivity (Wildman–Crippen MR) is 73.9 cm³/mol. The molecule has 2 rings (SSSR count). The van der Waals surface area contributed by atoms with Crippen LogP contribution in [0.15, 0.2) is 29.3 Å². The van der Waals surface area contributed by atoms with E-state index in [0.29, 0.717) is 5.56 Å². The molecule has 1 amide bonds. The van der Waals surface area contributed by atoms with Crippen LogP contribution in [-0.2, 0) is 4.79 Å². The van der Waals surface area contributed by atoms with Gasteiger partial charge in [0.15, 0.2) is 5.96 Å². The molecule has 1 aliphatic carbocycles. The Hall–Kier alpha value is -2.44. The maximum absolute atomic E-state index is 12.0. The zero-order valence-corrected chi connectivity index (χ0v) is 11.2. The lowest BCUT2D eigenvalue weighted by Gasteiger charge is -2.03. The number of hydrogen-bond acceptors (Lipinski definition) is 3. The van der Waals surface area contributed by atoms with Crippen molar-refractivity contribution in [2.45, 2.75) is 19.8 Å². The Morgan fingerprint density at radius 1 is 1.35 bits per heavy atom. The summed E-state index contributed by atoms with van der Waals surface area (Å²) in [6.07, 6.45) is 0. The number of para-hydroxylation sites is 1. The van der Waals surface area contributed by atoms with Gasteiger partial charge in [0, 0.05) is 17.5 Å². The Bertz CT molecular complexity index is 605. The van der Waals surface area contributed by atoms with Crippen LogP contribution in [0.2, 0.25) is 0 Å². The third kappa shape index (κ3) is 2.22. The van der Waals surface area contributed by atoms with Crippen molar-refractivity contribution in [1.29, 1.82) is 0 Å². The van der Waals surface area contributed by atoms with Crippen LogP contribution in [0, 0.1) is 21.4 Å². The van der Waals surface area contributed by atoms with Crippen molar-refractivity contribution in [3.05, 3.63) is 39.9 Å². The molecule has 20 heavy (non-hydrogen) atoms.